The van der Waals surface area contributed by atoms with Gasteiger partial charge in [0.1, 0.15) is 0 Å². The lowest BCUT2D eigenvalue weighted by Gasteiger charge is -2.49. The number of hydrogen-bond acceptors (Lipinski definition) is 4. The summed E-state index contributed by atoms with van der Waals surface area (Å²) in [5.74, 6) is 1.15. The Morgan fingerprint density at radius 2 is 2.30 bits per heavy atom. The van der Waals surface area contributed by atoms with E-state index >= 15 is 0 Å². The molecule has 6 heteroatoms. The van der Waals surface area contributed by atoms with Gasteiger partial charge in [-0.15, -0.1) is 6.58 Å². The van der Waals surface area contributed by atoms with Gasteiger partial charge in [0.25, 0.3) is 0 Å². The van der Waals surface area contributed by atoms with Gasteiger partial charge in [-0.2, -0.15) is 5.26 Å². The summed E-state index contributed by atoms with van der Waals surface area (Å²) >= 11 is 0. The van der Waals surface area contributed by atoms with Crippen LogP contribution in [0.5, 0.6) is 0 Å². The molecular formula is C17H21N3O2S. The van der Waals surface area contributed by atoms with Crippen LogP contribution < -0.4 is 4.72 Å². The van der Waals surface area contributed by atoms with Crippen molar-refractivity contribution >= 4 is 10.0 Å². The zero-order chi connectivity index (χ0) is 16.4. The molecule has 2 bridgehead atoms. The van der Waals surface area contributed by atoms with E-state index in [2.05, 4.69) is 16.2 Å². The molecule has 0 aromatic heterocycles. The molecule has 4 atom stereocenters. The Kier molecular flexibility index (Phi) is 4.53. The lowest BCUT2D eigenvalue weighted by Crippen LogP contribution is -2.56. The van der Waals surface area contributed by atoms with Gasteiger partial charge in [-0.05, 0) is 49.4 Å². The molecule has 23 heavy (non-hydrogen) atoms. The molecule has 4 unspecified atom stereocenters. The van der Waals surface area contributed by atoms with Crippen molar-refractivity contribution in [2.24, 2.45) is 11.8 Å². The fourth-order valence-corrected chi connectivity index (χ4v) is 4.80. The van der Waals surface area contributed by atoms with Crippen molar-refractivity contribution in [2.75, 3.05) is 19.6 Å². The Hall–Kier alpha value is -1.68. The number of nitrogens with one attached hydrogen (secondary N) is 1. The van der Waals surface area contributed by atoms with Crippen molar-refractivity contribution in [1.29, 1.82) is 5.26 Å². The summed E-state index contributed by atoms with van der Waals surface area (Å²) in [4.78, 5) is 2.51. The number of sulfonamides is 1. The third-order valence-electron chi connectivity index (χ3n) is 5.01. The van der Waals surface area contributed by atoms with Crippen molar-refractivity contribution < 1.29 is 8.42 Å². The summed E-state index contributed by atoms with van der Waals surface area (Å²) in [6.45, 7) is 6.33. The number of piperidine rings is 3. The fourth-order valence-electron chi connectivity index (χ4n) is 3.68. The molecule has 0 saturated carbocycles. The van der Waals surface area contributed by atoms with E-state index in [1.165, 1.54) is 18.6 Å². The minimum atomic E-state index is -3.58. The van der Waals surface area contributed by atoms with E-state index in [4.69, 9.17) is 5.26 Å². The average molecular weight is 331 g/mol. The first-order valence-electron chi connectivity index (χ1n) is 7.90. The second kappa shape index (κ2) is 6.44. The minimum Gasteiger partial charge on any atom is -0.298 e. The van der Waals surface area contributed by atoms with Gasteiger partial charge in [-0.25, -0.2) is 13.1 Å². The van der Waals surface area contributed by atoms with Crippen molar-refractivity contribution in [2.45, 2.75) is 23.8 Å². The van der Waals surface area contributed by atoms with Crippen LogP contribution in [0.3, 0.4) is 0 Å². The van der Waals surface area contributed by atoms with E-state index in [-0.39, 0.29) is 10.9 Å². The molecule has 3 heterocycles. The standard InChI is InChI=1S/C17H21N3O2S/c1-2-14-12-20-7-6-15(14)9-16(20)11-19-23(21,22)17-5-3-4-13(8-17)10-18/h2-5,8,14-16,19H,1,6-7,9,11-12H2. The van der Waals surface area contributed by atoms with E-state index in [0.717, 1.165) is 19.5 Å². The van der Waals surface area contributed by atoms with E-state index < -0.39 is 10.0 Å². The Bertz CT molecular complexity index is 738. The topological polar surface area (TPSA) is 73.2 Å². The maximum atomic E-state index is 12.4. The van der Waals surface area contributed by atoms with E-state index in [9.17, 15) is 8.42 Å². The Morgan fingerprint density at radius 3 is 2.96 bits per heavy atom. The molecule has 3 fully saturated rings. The minimum absolute atomic E-state index is 0.150. The maximum Gasteiger partial charge on any atom is 0.240 e. The molecule has 0 radical (unpaired) electrons. The number of benzene rings is 1. The Balaban J connectivity index is 1.66. The molecule has 0 amide bonds. The highest BCUT2D eigenvalue weighted by atomic mass is 32.2. The molecule has 3 aliphatic heterocycles. The van der Waals surface area contributed by atoms with Crippen LogP contribution in [0.2, 0.25) is 0 Å². The van der Waals surface area contributed by atoms with Crippen LogP contribution in [0.1, 0.15) is 18.4 Å². The van der Waals surface area contributed by atoms with Crippen molar-refractivity contribution in [3.63, 3.8) is 0 Å². The second-order valence-electron chi connectivity index (χ2n) is 6.32. The highest BCUT2D eigenvalue weighted by Crippen LogP contribution is 2.36. The lowest BCUT2D eigenvalue weighted by molar-refractivity contribution is 0.0218. The average Bonchev–Trinajstić information content (AvgIpc) is 2.60. The monoisotopic (exact) mass is 331 g/mol. The van der Waals surface area contributed by atoms with Crippen molar-refractivity contribution in [3.05, 3.63) is 42.5 Å². The zero-order valence-electron chi connectivity index (χ0n) is 13.0. The molecule has 4 rings (SSSR count). The van der Waals surface area contributed by atoms with Gasteiger partial charge in [0.2, 0.25) is 10.0 Å². The van der Waals surface area contributed by atoms with Gasteiger partial charge in [0.05, 0.1) is 16.5 Å². The van der Waals surface area contributed by atoms with E-state index in [1.807, 2.05) is 12.1 Å². The Morgan fingerprint density at radius 1 is 1.48 bits per heavy atom. The molecule has 5 nitrogen and oxygen atoms in total. The summed E-state index contributed by atoms with van der Waals surface area (Å²) < 4.78 is 27.5. The number of nitrogens with zero attached hydrogens (tertiary/aromatic N) is 2. The molecular weight excluding hydrogens is 310 g/mol. The highest BCUT2D eigenvalue weighted by Gasteiger charge is 2.38. The highest BCUT2D eigenvalue weighted by molar-refractivity contribution is 7.89. The van der Waals surface area contributed by atoms with Crippen molar-refractivity contribution in [1.82, 2.24) is 9.62 Å². The SMILES string of the molecule is C=CC1CN2CCC1CC2CNS(=O)(=O)c1cccc(C#N)c1. The molecule has 0 aliphatic carbocycles. The van der Waals surface area contributed by atoms with Gasteiger partial charge in [0.15, 0.2) is 0 Å². The lowest BCUT2D eigenvalue weighted by atomic mass is 9.76. The summed E-state index contributed by atoms with van der Waals surface area (Å²) in [5, 5.41) is 8.90. The molecule has 122 valence electrons. The molecule has 1 aromatic carbocycles. The van der Waals surface area contributed by atoms with Gasteiger partial charge >= 0.3 is 0 Å². The smallest absolute Gasteiger partial charge is 0.240 e. The largest absolute Gasteiger partial charge is 0.298 e. The summed E-state index contributed by atoms with van der Waals surface area (Å²) in [6, 6.07) is 8.33. The van der Waals surface area contributed by atoms with Gasteiger partial charge < -0.3 is 0 Å². The van der Waals surface area contributed by atoms with Crippen LogP contribution in [-0.2, 0) is 10.0 Å². The first-order valence-corrected chi connectivity index (χ1v) is 9.38. The first kappa shape index (κ1) is 16.2. The van der Waals surface area contributed by atoms with Crippen LogP contribution >= 0.6 is 0 Å². The quantitative estimate of drug-likeness (QED) is 0.834. The molecule has 3 aliphatic rings. The van der Waals surface area contributed by atoms with Gasteiger partial charge in [-0.3, -0.25) is 4.90 Å². The first-order chi connectivity index (χ1) is 11.0. The second-order valence-corrected chi connectivity index (χ2v) is 8.09. The zero-order valence-corrected chi connectivity index (χ0v) is 13.8. The predicted molar refractivity (Wildman–Crippen MR) is 88.1 cm³/mol. The van der Waals surface area contributed by atoms with Crippen LogP contribution in [-0.4, -0.2) is 39.0 Å². The number of rotatable bonds is 5. The van der Waals surface area contributed by atoms with Crippen molar-refractivity contribution in [3.8, 4) is 6.07 Å². The third kappa shape index (κ3) is 3.32. The van der Waals surface area contributed by atoms with E-state index in [1.54, 1.807) is 12.1 Å². The van der Waals surface area contributed by atoms with Crippen LogP contribution in [0, 0.1) is 23.2 Å². The summed E-state index contributed by atoms with van der Waals surface area (Å²) in [7, 11) is -3.58. The van der Waals surface area contributed by atoms with E-state index in [0.29, 0.717) is 23.9 Å². The normalized spacial score (nSPS) is 29.9. The van der Waals surface area contributed by atoms with Gasteiger partial charge in [-0.1, -0.05) is 12.1 Å². The fraction of sp³-hybridized carbons (Fsp3) is 0.471. The molecule has 3 saturated heterocycles. The molecule has 0 spiro atoms. The van der Waals surface area contributed by atoms with Crippen LogP contribution in [0.25, 0.3) is 0 Å². The number of hydrogen-bond donors (Lipinski definition) is 1. The number of fused-ring (bicyclic) bond motifs is 3. The Labute approximate surface area is 137 Å². The molecule has 1 N–H and O–H groups in total. The van der Waals surface area contributed by atoms with Crippen LogP contribution in [0.15, 0.2) is 41.8 Å². The summed E-state index contributed by atoms with van der Waals surface area (Å²) in [5.41, 5.74) is 0.349. The number of nitriles is 1. The van der Waals surface area contributed by atoms with Gasteiger partial charge in [0, 0.05) is 19.1 Å². The summed E-state index contributed by atoms with van der Waals surface area (Å²) in [6.07, 6.45) is 4.21. The molecule has 1 aromatic rings. The maximum absolute atomic E-state index is 12.4. The third-order valence-corrected chi connectivity index (χ3v) is 6.44. The predicted octanol–water partition coefficient (Wildman–Crippen LogP) is 1.73. The van der Waals surface area contributed by atoms with Crippen LogP contribution in [0.4, 0.5) is 0 Å².